The Balaban J connectivity index is 2.66. The molecular weight excluding hydrogens is 270 g/mol. The summed E-state index contributed by atoms with van der Waals surface area (Å²) in [6.45, 7) is 4.44. The molecule has 16 heavy (non-hydrogen) atoms. The molecule has 0 unspecified atom stereocenters. The molecule has 1 aromatic rings. The molecule has 0 spiro atoms. The van der Waals surface area contributed by atoms with Gasteiger partial charge in [-0.2, -0.15) is 0 Å². The van der Waals surface area contributed by atoms with Gasteiger partial charge in [0.2, 0.25) is 0 Å². The van der Waals surface area contributed by atoms with Crippen molar-refractivity contribution in [1.29, 1.82) is 0 Å². The smallest absolute Gasteiger partial charge is 0.137 e. The van der Waals surface area contributed by atoms with E-state index in [1.807, 2.05) is 18.2 Å². The van der Waals surface area contributed by atoms with Crippen LogP contribution < -0.4 is 10.5 Å². The van der Waals surface area contributed by atoms with Crippen LogP contribution in [0.3, 0.4) is 0 Å². The van der Waals surface area contributed by atoms with Crippen molar-refractivity contribution in [3.8, 4) is 5.75 Å². The maximum Gasteiger partial charge on any atom is 0.137 e. The van der Waals surface area contributed by atoms with E-state index in [1.165, 1.54) is 0 Å². The summed E-state index contributed by atoms with van der Waals surface area (Å²) in [5.41, 5.74) is 5.89. The molecule has 0 saturated heterocycles. The lowest BCUT2D eigenvalue weighted by Crippen LogP contribution is -2.22. The maximum absolute atomic E-state index is 9.58. The van der Waals surface area contributed by atoms with Crippen molar-refractivity contribution in [3.05, 3.63) is 28.2 Å². The molecule has 0 aliphatic carbocycles. The Hall–Kier alpha value is -0.580. The highest BCUT2D eigenvalue weighted by molar-refractivity contribution is 9.10. The largest absolute Gasteiger partial charge is 0.492 e. The lowest BCUT2D eigenvalue weighted by Gasteiger charge is -2.18. The van der Waals surface area contributed by atoms with Gasteiger partial charge < -0.3 is 15.6 Å². The Bertz CT molecular complexity index is 347. The molecule has 0 aliphatic rings. The lowest BCUT2D eigenvalue weighted by molar-refractivity contribution is 0.0551. The molecule has 1 rings (SSSR count). The third-order valence-corrected chi connectivity index (χ3v) is 2.85. The molecule has 0 heterocycles. The van der Waals surface area contributed by atoms with Gasteiger partial charge in [-0.3, -0.25) is 0 Å². The van der Waals surface area contributed by atoms with Crippen molar-refractivity contribution >= 4 is 15.9 Å². The van der Waals surface area contributed by atoms with Gasteiger partial charge in [0.25, 0.3) is 0 Å². The fourth-order valence-corrected chi connectivity index (χ4v) is 1.80. The summed E-state index contributed by atoms with van der Waals surface area (Å²) in [5, 5.41) is 9.58. The predicted molar refractivity (Wildman–Crippen MR) is 68.4 cm³/mol. The second-order valence-corrected chi connectivity index (χ2v) is 5.20. The zero-order chi connectivity index (χ0) is 12.2. The van der Waals surface area contributed by atoms with E-state index in [1.54, 1.807) is 13.8 Å². The zero-order valence-corrected chi connectivity index (χ0v) is 11.3. The molecule has 3 N–H and O–H groups in total. The molecule has 3 nitrogen and oxygen atoms in total. The van der Waals surface area contributed by atoms with Gasteiger partial charge in [0.15, 0.2) is 0 Å². The summed E-state index contributed by atoms with van der Waals surface area (Å²) in [7, 11) is 0. The molecule has 0 bridgehead atoms. The molecule has 0 radical (unpaired) electrons. The minimum absolute atomic E-state index is 0.442. The van der Waals surface area contributed by atoms with E-state index in [-0.39, 0.29) is 0 Å². The van der Waals surface area contributed by atoms with Crippen LogP contribution in [0.1, 0.15) is 25.8 Å². The second-order valence-electron chi connectivity index (χ2n) is 4.34. The summed E-state index contributed by atoms with van der Waals surface area (Å²) in [6, 6.07) is 5.78. The standard InChI is InChI=1S/C12H18BrNO2/c1-12(2,15)6-7-16-11-9(8-14)4-3-5-10(11)13/h3-5,15H,6-8,14H2,1-2H3. The van der Waals surface area contributed by atoms with E-state index in [4.69, 9.17) is 10.5 Å². The van der Waals surface area contributed by atoms with Gasteiger partial charge in [-0.1, -0.05) is 12.1 Å². The number of benzene rings is 1. The van der Waals surface area contributed by atoms with Crippen LogP contribution in [0.15, 0.2) is 22.7 Å². The number of nitrogens with two attached hydrogens (primary N) is 1. The number of aliphatic hydroxyl groups is 1. The van der Waals surface area contributed by atoms with Crippen LogP contribution in [0.5, 0.6) is 5.75 Å². The van der Waals surface area contributed by atoms with E-state index in [0.29, 0.717) is 19.6 Å². The summed E-state index contributed by atoms with van der Waals surface area (Å²) in [6.07, 6.45) is 0.582. The van der Waals surface area contributed by atoms with Crippen LogP contribution in [0.4, 0.5) is 0 Å². The van der Waals surface area contributed by atoms with Gasteiger partial charge in [0.05, 0.1) is 16.7 Å². The van der Waals surface area contributed by atoms with E-state index in [2.05, 4.69) is 15.9 Å². The van der Waals surface area contributed by atoms with Crippen molar-refractivity contribution < 1.29 is 9.84 Å². The van der Waals surface area contributed by atoms with E-state index in [0.717, 1.165) is 15.8 Å². The van der Waals surface area contributed by atoms with Gasteiger partial charge >= 0.3 is 0 Å². The third kappa shape index (κ3) is 4.12. The number of halogens is 1. The van der Waals surface area contributed by atoms with Crippen LogP contribution >= 0.6 is 15.9 Å². The van der Waals surface area contributed by atoms with Crippen molar-refractivity contribution in [2.75, 3.05) is 6.61 Å². The highest BCUT2D eigenvalue weighted by Crippen LogP contribution is 2.29. The third-order valence-electron chi connectivity index (χ3n) is 2.23. The van der Waals surface area contributed by atoms with Crippen LogP contribution in [0.25, 0.3) is 0 Å². The summed E-state index contributed by atoms with van der Waals surface area (Å²) >= 11 is 3.43. The zero-order valence-electron chi connectivity index (χ0n) is 9.66. The molecule has 0 atom stereocenters. The average Bonchev–Trinajstić information content (AvgIpc) is 2.18. The monoisotopic (exact) mass is 287 g/mol. The number of hydrogen-bond donors (Lipinski definition) is 2. The van der Waals surface area contributed by atoms with Crippen LogP contribution in [-0.2, 0) is 6.54 Å². The first kappa shape index (κ1) is 13.5. The average molecular weight is 288 g/mol. The minimum atomic E-state index is -0.704. The second kappa shape index (κ2) is 5.66. The minimum Gasteiger partial charge on any atom is -0.492 e. The molecule has 0 amide bonds. The maximum atomic E-state index is 9.58. The van der Waals surface area contributed by atoms with Gasteiger partial charge in [0.1, 0.15) is 5.75 Å². The number of para-hydroxylation sites is 1. The normalized spacial score (nSPS) is 11.6. The highest BCUT2D eigenvalue weighted by Gasteiger charge is 2.13. The van der Waals surface area contributed by atoms with Crippen molar-refractivity contribution in [2.24, 2.45) is 5.73 Å². The fraction of sp³-hybridized carbons (Fsp3) is 0.500. The lowest BCUT2D eigenvalue weighted by atomic mass is 10.1. The Kier molecular flexibility index (Phi) is 4.77. The van der Waals surface area contributed by atoms with Crippen molar-refractivity contribution in [2.45, 2.75) is 32.4 Å². The van der Waals surface area contributed by atoms with Crippen molar-refractivity contribution in [3.63, 3.8) is 0 Å². The summed E-state index contributed by atoms with van der Waals surface area (Å²) in [4.78, 5) is 0. The molecule has 0 saturated carbocycles. The Labute approximate surface area is 105 Å². The SMILES string of the molecule is CC(C)(O)CCOc1c(Br)cccc1CN. The highest BCUT2D eigenvalue weighted by atomic mass is 79.9. The number of ether oxygens (including phenoxy) is 1. The first-order valence-electron chi connectivity index (χ1n) is 5.26. The molecule has 90 valence electrons. The molecule has 0 fully saturated rings. The molecule has 4 heteroatoms. The Morgan fingerprint density at radius 1 is 1.44 bits per heavy atom. The first-order chi connectivity index (χ1) is 7.44. The van der Waals surface area contributed by atoms with Crippen LogP contribution in [0, 0.1) is 0 Å². The van der Waals surface area contributed by atoms with E-state index in [9.17, 15) is 5.11 Å². The predicted octanol–water partition coefficient (Wildman–Crippen LogP) is 2.45. The molecule has 1 aromatic carbocycles. The number of hydrogen-bond acceptors (Lipinski definition) is 3. The Morgan fingerprint density at radius 2 is 2.12 bits per heavy atom. The fourth-order valence-electron chi connectivity index (χ4n) is 1.28. The van der Waals surface area contributed by atoms with Gasteiger partial charge in [-0.05, 0) is 35.8 Å². The van der Waals surface area contributed by atoms with Crippen LogP contribution in [0.2, 0.25) is 0 Å². The van der Waals surface area contributed by atoms with Crippen LogP contribution in [-0.4, -0.2) is 17.3 Å². The van der Waals surface area contributed by atoms with Crippen molar-refractivity contribution in [1.82, 2.24) is 0 Å². The van der Waals surface area contributed by atoms with Gasteiger partial charge in [0, 0.05) is 18.5 Å². The van der Waals surface area contributed by atoms with Gasteiger partial charge in [-0.25, -0.2) is 0 Å². The quantitative estimate of drug-likeness (QED) is 0.875. The number of rotatable bonds is 5. The molecular formula is C12H18BrNO2. The van der Waals surface area contributed by atoms with E-state index >= 15 is 0 Å². The Morgan fingerprint density at radius 3 is 2.69 bits per heavy atom. The molecule has 0 aromatic heterocycles. The summed E-state index contributed by atoms with van der Waals surface area (Å²) < 4.78 is 6.54. The van der Waals surface area contributed by atoms with Gasteiger partial charge in [-0.15, -0.1) is 0 Å². The van der Waals surface area contributed by atoms with E-state index < -0.39 is 5.60 Å². The topological polar surface area (TPSA) is 55.5 Å². The first-order valence-corrected chi connectivity index (χ1v) is 6.06. The molecule has 0 aliphatic heterocycles. The summed E-state index contributed by atoms with van der Waals surface area (Å²) in [5.74, 6) is 0.772.